The molecule has 0 aliphatic heterocycles. The Morgan fingerprint density at radius 3 is 2.65 bits per heavy atom. The van der Waals surface area contributed by atoms with Gasteiger partial charge < -0.3 is 10.2 Å². The molecule has 0 aromatic heterocycles. The zero-order valence-corrected chi connectivity index (χ0v) is 13.8. The second kappa shape index (κ2) is 13.5. The molecule has 0 aliphatic rings. The number of hydrogen-bond donors (Lipinski definition) is 2. The lowest BCUT2D eigenvalue weighted by atomic mass is 10.1. The number of hydrogen-bond acceptors (Lipinski definition) is 3. The average molecular weight is 317 g/mol. The zero-order valence-electron chi connectivity index (χ0n) is 13.8. The number of carbonyl (C=O) groups is 1. The molecule has 2 unspecified atom stereocenters. The predicted molar refractivity (Wildman–Crippen MR) is 91.3 cm³/mol. The first-order valence-corrected chi connectivity index (χ1v) is 7.59. The molecule has 0 saturated heterocycles. The molecule has 0 rings (SSSR count). The Kier molecular flexibility index (Phi) is 12.3. The minimum atomic E-state index is -0.779. The SMILES string of the molecule is C=[O+]C(=O)CCCC(O)C#C/C=C/C=C/C(O)CC#CC(C)C. The van der Waals surface area contributed by atoms with Crippen LogP contribution in [0.15, 0.2) is 24.3 Å². The quantitative estimate of drug-likeness (QED) is 0.428. The van der Waals surface area contributed by atoms with Gasteiger partial charge in [-0.05, 0) is 18.9 Å². The molecule has 0 amide bonds. The molecule has 0 bridgehead atoms. The van der Waals surface area contributed by atoms with E-state index in [1.165, 1.54) is 0 Å². The second-order valence-electron chi connectivity index (χ2n) is 5.20. The lowest BCUT2D eigenvalue weighted by molar-refractivity contribution is -0.369. The molecule has 0 radical (unpaired) electrons. The summed E-state index contributed by atoms with van der Waals surface area (Å²) in [6, 6.07) is 0. The van der Waals surface area contributed by atoms with Crippen molar-refractivity contribution in [3.05, 3.63) is 24.3 Å². The first-order chi connectivity index (χ1) is 11.0. The highest BCUT2D eigenvalue weighted by atomic mass is 16.4. The van der Waals surface area contributed by atoms with E-state index in [0.717, 1.165) is 0 Å². The van der Waals surface area contributed by atoms with Crippen LogP contribution in [0.4, 0.5) is 0 Å². The van der Waals surface area contributed by atoms with Crippen molar-refractivity contribution in [1.29, 1.82) is 0 Å². The largest absolute Gasteiger partial charge is 0.579 e. The van der Waals surface area contributed by atoms with Gasteiger partial charge in [-0.15, -0.1) is 5.92 Å². The van der Waals surface area contributed by atoms with Crippen LogP contribution in [0.1, 0.15) is 39.5 Å². The van der Waals surface area contributed by atoms with Gasteiger partial charge in [-0.3, -0.25) is 4.42 Å². The van der Waals surface area contributed by atoms with Crippen molar-refractivity contribution in [2.45, 2.75) is 51.7 Å². The van der Waals surface area contributed by atoms with Gasteiger partial charge in [-0.2, -0.15) is 0 Å². The highest BCUT2D eigenvalue weighted by Crippen LogP contribution is 2.00. The molecule has 0 fully saturated rings. The molecule has 0 aromatic carbocycles. The first kappa shape index (κ1) is 20.9. The van der Waals surface area contributed by atoms with E-state index in [2.05, 4.69) is 34.9 Å². The number of rotatable bonds is 7. The molecule has 2 atom stereocenters. The predicted octanol–water partition coefficient (Wildman–Crippen LogP) is 1.93. The van der Waals surface area contributed by atoms with Gasteiger partial charge in [0.15, 0.2) is 6.79 Å². The number of carbonyl (C=O) groups excluding carboxylic acids is 2. The number of allylic oxidation sites excluding steroid dienone is 3. The fraction of sp³-hybridized carbons (Fsp3) is 0.474. The van der Waals surface area contributed by atoms with Crippen LogP contribution in [0, 0.1) is 29.6 Å². The molecule has 23 heavy (non-hydrogen) atoms. The van der Waals surface area contributed by atoms with Crippen LogP contribution in [0.25, 0.3) is 0 Å². The summed E-state index contributed by atoms with van der Waals surface area (Å²) in [4.78, 5) is 10.8. The molecule has 0 heterocycles. The minimum Gasteiger partial charge on any atom is -0.388 e. The zero-order chi connectivity index (χ0) is 17.5. The second-order valence-corrected chi connectivity index (χ2v) is 5.20. The van der Waals surface area contributed by atoms with Crippen LogP contribution in [0.3, 0.4) is 0 Å². The van der Waals surface area contributed by atoms with E-state index in [1.54, 1.807) is 24.3 Å². The summed E-state index contributed by atoms with van der Waals surface area (Å²) >= 11 is 0. The monoisotopic (exact) mass is 317 g/mol. The molecule has 124 valence electrons. The van der Waals surface area contributed by atoms with Crippen LogP contribution in [0.5, 0.6) is 0 Å². The number of aliphatic hydroxyl groups excluding tert-OH is 2. The van der Waals surface area contributed by atoms with Crippen LogP contribution >= 0.6 is 0 Å². The van der Waals surface area contributed by atoms with E-state index in [1.807, 2.05) is 13.8 Å². The van der Waals surface area contributed by atoms with Gasteiger partial charge >= 0.3 is 5.97 Å². The molecular weight excluding hydrogens is 292 g/mol. The van der Waals surface area contributed by atoms with Gasteiger partial charge in [0.1, 0.15) is 12.5 Å². The molecular formula is C19H25O4+. The summed E-state index contributed by atoms with van der Waals surface area (Å²) in [6.45, 7) is 7.01. The molecule has 0 aromatic rings. The van der Waals surface area contributed by atoms with Crippen molar-refractivity contribution in [1.82, 2.24) is 0 Å². The van der Waals surface area contributed by atoms with Gasteiger partial charge in [-0.25, -0.2) is 0 Å². The van der Waals surface area contributed by atoms with E-state index in [0.29, 0.717) is 25.2 Å². The van der Waals surface area contributed by atoms with Crippen molar-refractivity contribution in [2.75, 3.05) is 0 Å². The van der Waals surface area contributed by atoms with Crippen LogP contribution in [-0.2, 0) is 9.22 Å². The standard InChI is InChI=1S/C19H25O4/c1-16(2)10-8-13-17(20)11-6-4-5-7-12-18(21)14-9-15-19(22)23-3/h4-6,11,16-18,20-21H,3,9,13-15H2,1-2H3/q+1/b5-4+,11-6+. The maximum absolute atomic E-state index is 10.8. The van der Waals surface area contributed by atoms with E-state index >= 15 is 0 Å². The third-order valence-corrected chi connectivity index (χ3v) is 2.60. The molecule has 0 saturated carbocycles. The number of aliphatic hydroxyl groups is 2. The fourth-order valence-corrected chi connectivity index (χ4v) is 1.46. The average Bonchev–Trinajstić information content (AvgIpc) is 2.50. The summed E-state index contributed by atoms with van der Waals surface area (Å²) in [6.07, 6.45) is 6.73. The van der Waals surface area contributed by atoms with E-state index in [-0.39, 0.29) is 6.42 Å². The van der Waals surface area contributed by atoms with Crippen LogP contribution in [-0.4, -0.2) is 35.2 Å². The van der Waals surface area contributed by atoms with Gasteiger partial charge in [0.25, 0.3) is 0 Å². The Morgan fingerprint density at radius 1 is 1.26 bits per heavy atom. The van der Waals surface area contributed by atoms with Crippen LogP contribution < -0.4 is 0 Å². The third kappa shape index (κ3) is 14.6. The van der Waals surface area contributed by atoms with E-state index in [4.69, 9.17) is 0 Å². The lowest BCUT2D eigenvalue weighted by Crippen LogP contribution is -2.04. The molecule has 0 aliphatic carbocycles. The fourth-order valence-electron chi connectivity index (χ4n) is 1.46. The van der Waals surface area contributed by atoms with Gasteiger partial charge in [0.05, 0.1) is 6.10 Å². The Morgan fingerprint density at radius 2 is 2.00 bits per heavy atom. The summed E-state index contributed by atoms with van der Waals surface area (Å²) in [5.74, 6) is 11.1. The van der Waals surface area contributed by atoms with Crippen molar-refractivity contribution < 1.29 is 19.4 Å². The Labute approximate surface area is 138 Å². The normalized spacial score (nSPS) is 13.3. The third-order valence-electron chi connectivity index (χ3n) is 2.60. The highest BCUT2D eigenvalue weighted by Gasteiger charge is 2.11. The molecule has 4 nitrogen and oxygen atoms in total. The van der Waals surface area contributed by atoms with Gasteiger partial charge in [0, 0.05) is 17.1 Å². The van der Waals surface area contributed by atoms with Crippen molar-refractivity contribution in [2.24, 2.45) is 5.92 Å². The van der Waals surface area contributed by atoms with E-state index < -0.39 is 18.2 Å². The maximum atomic E-state index is 10.8. The summed E-state index contributed by atoms with van der Waals surface area (Å²) < 4.78 is 4.26. The molecule has 4 heteroatoms. The Bertz CT molecular complexity index is 535. The minimum absolute atomic E-state index is 0.221. The summed E-state index contributed by atoms with van der Waals surface area (Å²) in [5.41, 5.74) is 0. The Balaban J connectivity index is 4.01. The first-order valence-electron chi connectivity index (χ1n) is 7.59. The smallest absolute Gasteiger partial charge is 0.388 e. The topological polar surface area (TPSA) is 68.8 Å². The van der Waals surface area contributed by atoms with Gasteiger partial charge in [0.2, 0.25) is 0 Å². The van der Waals surface area contributed by atoms with Crippen molar-refractivity contribution in [3.8, 4) is 23.7 Å². The highest BCUT2D eigenvalue weighted by molar-refractivity contribution is 5.66. The maximum Gasteiger partial charge on any atom is 0.579 e. The molecule has 2 N–H and O–H groups in total. The van der Waals surface area contributed by atoms with Crippen molar-refractivity contribution in [3.63, 3.8) is 0 Å². The van der Waals surface area contributed by atoms with E-state index in [9.17, 15) is 15.0 Å². The summed E-state index contributed by atoms with van der Waals surface area (Å²) in [7, 11) is 0. The molecule has 0 spiro atoms. The van der Waals surface area contributed by atoms with Crippen molar-refractivity contribution >= 4 is 12.8 Å². The van der Waals surface area contributed by atoms with Crippen LogP contribution in [0.2, 0.25) is 0 Å². The Hall–Kier alpha value is -2.14. The van der Waals surface area contributed by atoms with Gasteiger partial charge in [-0.1, -0.05) is 49.8 Å². The summed E-state index contributed by atoms with van der Waals surface area (Å²) in [5, 5.41) is 19.2. The lowest BCUT2D eigenvalue weighted by Gasteiger charge is -1.98.